The number of hydrogen-bond donors (Lipinski definition) is 1. The van der Waals surface area contributed by atoms with Crippen molar-refractivity contribution in [2.45, 2.75) is 44.9 Å². The Balaban J connectivity index is 1.90. The number of aliphatic imine (C=N–C) groups is 1. The third-order valence-corrected chi connectivity index (χ3v) is 5.21. The summed E-state index contributed by atoms with van der Waals surface area (Å²) in [5.41, 5.74) is 3.17. The summed E-state index contributed by atoms with van der Waals surface area (Å²) in [6.07, 6.45) is 4.41. The van der Waals surface area contributed by atoms with Crippen LogP contribution in [-0.4, -0.2) is 32.6 Å². The molecule has 0 amide bonds. The second kappa shape index (κ2) is 7.23. The van der Waals surface area contributed by atoms with Gasteiger partial charge in [-0.2, -0.15) is 5.10 Å². The quantitative estimate of drug-likeness (QED) is 0.414. The molecule has 0 bridgehead atoms. The molecule has 1 fully saturated rings. The van der Waals surface area contributed by atoms with Crippen LogP contribution in [0.15, 0.2) is 34.5 Å². The fourth-order valence-corrected chi connectivity index (χ4v) is 3.91. The van der Waals surface area contributed by atoms with E-state index in [2.05, 4.69) is 19.6 Å². The molecule has 1 aromatic carbocycles. The SMILES string of the molecule is CC(C=NCc1nc2cnc3ccc(Cl)cc3c2n1C1CCC(F)C1)=NN. The van der Waals surface area contributed by atoms with Crippen LogP contribution in [0.5, 0.6) is 0 Å². The normalized spacial score (nSPS) is 21.1. The number of halogens is 2. The monoisotopic (exact) mass is 386 g/mol. The third kappa shape index (κ3) is 3.39. The molecule has 2 heterocycles. The highest BCUT2D eigenvalue weighted by Gasteiger charge is 2.29. The summed E-state index contributed by atoms with van der Waals surface area (Å²) >= 11 is 6.23. The Hall–Kier alpha value is -2.54. The molecule has 1 aliphatic carbocycles. The molecule has 8 heteroatoms. The topological polar surface area (TPSA) is 81.5 Å². The van der Waals surface area contributed by atoms with E-state index in [1.807, 2.05) is 18.2 Å². The lowest BCUT2D eigenvalue weighted by Gasteiger charge is -2.16. The first-order chi connectivity index (χ1) is 13.1. The highest BCUT2D eigenvalue weighted by molar-refractivity contribution is 6.31. The minimum absolute atomic E-state index is 0.0454. The summed E-state index contributed by atoms with van der Waals surface area (Å²) in [6.45, 7) is 2.13. The first-order valence-electron chi connectivity index (χ1n) is 8.90. The highest BCUT2D eigenvalue weighted by atomic mass is 35.5. The van der Waals surface area contributed by atoms with Crippen molar-refractivity contribution in [1.29, 1.82) is 0 Å². The largest absolute Gasteiger partial charge is 0.323 e. The number of hydrogen-bond acceptors (Lipinski definition) is 5. The van der Waals surface area contributed by atoms with Crippen LogP contribution >= 0.6 is 11.6 Å². The van der Waals surface area contributed by atoms with Crippen LogP contribution in [0.3, 0.4) is 0 Å². The number of hydrazone groups is 1. The fourth-order valence-electron chi connectivity index (χ4n) is 3.73. The lowest BCUT2D eigenvalue weighted by atomic mass is 10.1. The molecule has 6 nitrogen and oxygen atoms in total. The van der Waals surface area contributed by atoms with Gasteiger partial charge >= 0.3 is 0 Å². The molecule has 2 unspecified atom stereocenters. The molecule has 3 aromatic rings. The number of pyridine rings is 1. The maximum Gasteiger partial charge on any atom is 0.131 e. The predicted molar refractivity (Wildman–Crippen MR) is 107 cm³/mol. The Morgan fingerprint density at radius 1 is 1.41 bits per heavy atom. The number of nitrogens with zero attached hydrogens (tertiary/aromatic N) is 5. The number of rotatable bonds is 4. The van der Waals surface area contributed by atoms with Crippen molar-refractivity contribution in [3.05, 3.63) is 35.2 Å². The summed E-state index contributed by atoms with van der Waals surface area (Å²) < 4.78 is 16.1. The van der Waals surface area contributed by atoms with E-state index in [0.717, 1.165) is 34.2 Å². The van der Waals surface area contributed by atoms with Crippen molar-refractivity contribution in [1.82, 2.24) is 14.5 Å². The van der Waals surface area contributed by atoms with Gasteiger partial charge in [-0.1, -0.05) is 11.6 Å². The van der Waals surface area contributed by atoms with Gasteiger partial charge in [-0.15, -0.1) is 0 Å². The zero-order valence-corrected chi connectivity index (χ0v) is 15.7. The van der Waals surface area contributed by atoms with Crippen LogP contribution in [-0.2, 0) is 6.54 Å². The van der Waals surface area contributed by atoms with E-state index in [9.17, 15) is 4.39 Å². The van der Waals surface area contributed by atoms with Crippen molar-refractivity contribution in [3.8, 4) is 0 Å². The maximum absolute atomic E-state index is 14.0. The molecular formula is C19H20ClFN6. The van der Waals surface area contributed by atoms with Gasteiger partial charge in [0.25, 0.3) is 0 Å². The van der Waals surface area contributed by atoms with E-state index >= 15 is 0 Å². The van der Waals surface area contributed by atoms with Gasteiger partial charge in [0.15, 0.2) is 0 Å². The number of fused-ring (bicyclic) bond motifs is 3. The smallest absolute Gasteiger partial charge is 0.131 e. The summed E-state index contributed by atoms with van der Waals surface area (Å²) in [6, 6.07) is 5.64. The Morgan fingerprint density at radius 3 is 3.00 bits per heavy atom. The van der Waals surface area contributed by atoms with Gasteiger partial charge in [0.1, 0.15) is 17.5 Å². The lowest BCUT2D eigenvalue weighted by Crippen LogP contribution is -2.10. The van der Waals surface area contributed by atoms with Gasteiger partial charge in [-0.25, -0.2) is 9.37 Å². The minimum atomic E-state index is -0.785. The summed E-state index contributed by atoms with van der Waals surface area (Å²) in [5, 5.41) is 5.14. The third-order valence-electron chi connectivity index (χ3n) is 4.97. The van der Waals surface area contributed by atoms with Crippen molar-refractivity contribution in [2.75, 3.05) is 0 Å². The van der Waals surface area contributed by atoms with Crippen LogP contribution in [0.1, 0.15) is 38.1 Å². The lowest BCUT2D eigenvalue weighted by molar-refractivity contribution is 0.330. The van der Waals surface area contributed by atoms with Crippen molar-refractivity contribution >= 4 is 45.5 Å². The van der Waals surface area contributed by atoms with Crippen LogP contribution in [0.2, 0.25) is 5.02 Å². The molecule has 27 heavy (non-hydrogen) atoms. The molecule has 1 saturated carbocycles. The van der Waals surface area contributed by atoms with Gasteiger partial charge in [0.2, 0.25) is 0 Å². The maximum atomic E-state index is 14.0. The average molecular weight is 387 g/mol. The average Bonchev–Trinajstić information content (AvgIpc) is 3.24. The Bertz CT molecular complexity index is 1060. The van der Waals surface area contributed by atoms with E-state index in [0.29, 0.717) is 30.1 Å². The number of benzene rings is 1. The standard InChI is InChI=1S/C19H20ClFN6/c1-11(26-22)8-23-10-18-25-17-9-24-16-5-2-12(20)6-15(16)19(17)27(18)14-4-3-13(21)7-14/h2,5-6,8-9,13-14H,3-4,7,10,22H2,1H3. The van der Waals surface area contributed by atoms with E-state index in [1.54, 1.807) is 19.3 Å². The van der Waals surface area contributed by atoms with E-state index in [4.69, 9.17) is 22.4 Å². The van der Waals surface area contributed by atoms with Gasteiger partial charge < -0.3 is 10.4 Å². The van der Waals surface area contributed by atoms with Gasteiger partial charge in [-0.3, -0.25) is 9.98 Å². The molecule has 4 rings (SSSR count). The zero-order valence-electron chi connectivity index (χ0n) is 14.9. The molecule has 0 saturated heterocycles. The van der Waals surface area contributed by atoms with Crippen molar-refractivity contribution < 1.29 is 4.39 Å². The van der Waals surface area contributed by atoms with Gasteiger partial charge in [0, 0.05) is 22.7 Å². The van der Waals surface area contributed by atoms with Crippen LogP contribution in [0.25, 0.3) is 21.9 Å². The first-order valence-corrected chi connectivity index (χ1v) is 9.28. The number of aromatic nitrogens is 3. The Labute approximate surface area is 161 Å². The summed E-state index contributed by atoms with van der Waals surface area (Å²) in [7, 11) is 0. The molecular weight excluding hydrogens is 367 g/mol. The summed E-state index contributed by atoms with van der Waals surface area (Å²) in [5.74, 6) is 6.02. The molecule has 2 N–H and O–H groups in total. The molecule has 0 aliphatic heterocycles. The Kier molecular flexibility index (Phi) is 4.78. The number of nitrogens with two attached hydrogens (primary N) is 1. The number of imidazole rings is 1. The molecule has 2 aromatic heterocycles. The van der Waals surface area contributed by atoms with E-state index in [1.165, 1.54) is 0 Å². The van der Waals surface area contributed by atoms with E-state index < -0.39 is 6.17 Å². The minimum Gasteiger partial charge on any atom is -0.323 e. The van der Waals surface area contributed by atoms with Crippen molar-refractivity contribution in [2.24, 2.45) is 15.9 Å². The molecule has 140 valence electrons. The fraction of sp³-hybridized carbons (Fsp3) is 0.368. The van der Waals surface area contributed by atoms with Crippen LogP contribution < -0.4 is 5.84 Å². The summed E-state index contributed by atoms with van der Waals surface area (Å²) in [4.78, 5) is 13.6. The highest BCUT2D eigenvalue weighted by Crippen LogP contribution is 2.37. The zero-order chi connectivity index (χ0) is 19.0. The molecule has 2 atom stereocenters. The molecule has 0 radical (unpaired) electrons. The molecule has 0 spiro atoms. The second-order valence-electron chi connectivity index (χ2n) is 6.86. The first kappa shape index (κ1) is 17.9. The Morgan fingerprint density at radius 2 is 2.26 bits per heavy atom. The molecule has 1 aliphatic rings. The second-order valence-corrected chi connectivity index (χ2v) is 7.29. The van der Waals surface area contributed by atoms with Crippen molar-refractivity contribution in [3.63, 3.8) is 0 Å². The van der Waals surface area contributed by atoms with Gasteiger partial charge in [0.05, 0.1) is 29.5 Å². The van der Waals surface area contributed by atoms with E-state index in [-0.39, 0.29) is 6.04 Å². The van der Waals surface area contributed by atoms with Crippen LogP contribution in [0.4, 0.5) is 4.39 Å². The number of alkyl halides is 1. The van der Waals surface area contributed by atoms with Crippen LogP contribution in [0, 0.1) is 0 Å². The predicted octanol–water partition coefficient (Wildman–Crippen LogP) is 4.21. The van der Waals surface area contributed by atoms with Gasteiger partial charge in [-0.05, 0) is 44.4 Å².